The first-order valence-corrected chi connectivity index (χ1v) is 11.3. The molecule has 7 heteroatoms. The van der Waals surface area contributed by atoms with E-state index in [1.165, 1.54) is 0 Å². The van der Waals surface area contributed by atoms with Crippen LogP contribution in [0.4, 0.5) is 0 Å². The molecular formula is C23H33N3O3S. The van der Waals surface area contributed by atoms with E-state index in [9.17, 15) is 15.0 Å². The average Bonchev–Trinajstić information content (AvgIpc) is 3.25. The summed E-state index contributed by atoms with van der Waals surface area (Å²) >= 11 is 1.62. The van der Waals surface area contributed by atoms with Crippen molar-refractivity contribution in [2.75, 3.05) is 6.54 Å². The van der Waals surface area contributed by atoms with Gasteiger partial charge in [-0.2, -0.15) is 0 Å². The van der Waals surface area contributed by atoms with Crippen LogP contribution in [-0.4, -0.2) is 50.4 Å². The molecule has 2 heterocycles. The molecule has 1 aromatic heterocycles. The molecule has 2 aromatic rings. The number of nitrogens with zero attached hydrogens (tertiary/aromatic N) is 2. The Bertz CT molecular complexity index is 871. The van der Waals surface area contributed by atoms with Crippen LogP contribution in [0.3, 0.4) is 0 Å². The number of benzene rings is 1. The van der Waals surface area contributed by atoms with Crippen molar-refractivity contribution in [3.63, 3.8) is 0 Å². The SMILES string of the molecule is Cc1ncsc1-c1ccc(CNC(C)(O)[C@@H]2C[C@@H](O)CN2C(=O)CC(C)(C)C)cc1. The van der Waals surface area contributed by atoms with Crippen LogP contribution in [-0.2, 0) is 11.3 Å². The first-order chi connectivity index (χ1) is 14.0. The number of aliphatic hydroxyl groups excluding tert-OH is 1. The molecular weight excluding hydrogens is 398 g/mol. The molecule has 164 valence electrons. The van der Waals surface area contributed by atoms with Gasteiger partial charge in [0, 0.05) is 19.5 Å². The molecule has 3 atom stereocenters. The van der Waals surface area contributed by atoms with Crippen molar-refractivity contribution in [1.82, 2.24) is 15.2 Å². The highest BCUT2D eigenvalue weighted by Crippen LogP contribution is 2.30. The average molecular weight is 432 g/mol. The van der Waals surface area contributed by atoms with Gasteiger partial charge in [0.25, 0.3) is 0 Å². The molecule has 1 unspecified atom stereocenters. The molecule has 0 bridgehead atoms. The number of hydrogen-bond donors (Lipinski definition) is 3. The van der Waals surface area contributed by atoms with Crippen molar-refractivity contribution in [3.05, 3.63) is 41.0 Å². The summed E-state index contributed by atoms with van der Waals surface area (Å²) in [7, 11) is 0. The van der Waals surface area contributed by atoms with E-state index in [4.69, 9.17) is 0 Å². The Labute approximate surface area is 183 Å². The number of β-amino-alcohol motifs (C(OH)–C–C–N with tert-alkyl or cyclic N) is 1. The van der Waals surface area contributed by atoms with Gasteiger partial charge in [-0.3, -0.25) is 10.1 Å². The predicted molar refractivity (Wildman–Crippen MR) is 120 cm³/mol. The molecule has 3 rings (SSSR count). The first-order valence-electron chi connectivity index (χ1n) is 10.4. The van der Waals surface area contributed by atoms with Crippen LogP contribution in [0.1, 0.15) is 51.8 Å². The van der Waals surface area contributed by atoms with E-state index in [2.05, 4.69) is 22.4 Å². The van der Waals surface area contributed by atoms with Crippen LogP contribution in [0.25, 0.3) is 10.4 Å². The Morgan fingerprint density at radius 2 is 1.93 bits per heavy atom. The summed E-state index contributed by atoms with van der Waals surface area (Å²) in [6.45, 7) is 10.5. The minimum Gasteiger partial charge on any atom is -0.391 e. The van der Waals surface area contributed by atoms with Crippen molar-refractivity contribution < 1.29 is 15.0 Å². The topological polar surface area (TPSA) is 85.7 Å². The Morgan fingerprint density at radius 3 is 2.50 bits per heavy atom. The van der Waals surface area contributed by atoms with Gasteiger partial charge >= 0.3 is 0 Å². The maximum Gasteiger partial charge on any atom is 0.223 e. The fourth-order valence-electron chi connectivity index (χ4n) is 3.93. The lowest BCUT2D eigenvalue weighted by Gasteiger charge is -2.38. The normalized spacial score (nSPS) is 21.6. The number of hydrogen-bond acceptors (Lipinski definition) is 6. The Balaban J connectivity index is 1.66. The second kappa shape index (κ2) is 8.75. The minimum atomic E-state index is -1.31. The lowest BCUT2D eigenvalue weighted by molar-refractivity contribution is -0.141. The maximum atomic E-state index is 12.8. The quantitative estimate of drug-likeness (QED) is 0.611. The number of aromatic nitrogens is 1. The summed E-state index contributed by atoms with van der Waals surface area (Å²) in [5.41, 5.74) is 3.58. The Morgan fingerprint density at radius 1 is 1.27 bits per heavy atom. The highest BCUT2D eigenvalue weighted by molar-refractivity contribution is 7.13. The largest absolute Gasteiger partial charge is 0.391 e. The summed E-state index contributed by atoms with van der Waals surface area (Å²) in [6.07, 6.45) is 0.124. The maximum absolute atomic E-state index is 12.8. The van der Waals surface area contributed by atoms with Crippen molar-refractivity contribution in [2.24, 2.45) is 5.41 Å². The molecule has 0 saturated carbocycles. The molecule has 0 radical (unpaired) electrons. The van der Waals surface area contributed by atoms with Crippen molar-refractivity contribution in [1.29, 1.82) is 0 Å². The summed E-state index contributed by atoms with van der Waals surface area (Å²) in [5, 5.41) is 24.5. The minimum absolute atomic E-state index is 0.0320. The zero-order valence-corrected chi connectivity index (χ0v) is 19.3. The van der Waals surface area contributed by atoms with Gasteiger partial charge < -0.3 is 15.1 Å². The number of amides is 1. The summed E-state index contributed by atoms with van der Waals surface area (Å²) in [5.74, 6) is -0.0320. The summed E-state index contributed by atoms with van der Waals surface area (Å²) in [4.78, 5) is 19.9. The Kier molecular flexibility index (Phi) is 6.67. The van der Waals surface area contributed by atoms with Gasteiger partial charge in [0.2, 0.25) is 5.91 Å². The molecule has 30 heavy (non-hydrogen) atoms. The number of rotatable bonds is 6. The van der Waals surface area contributed by atoms with E-state index >= 15 is 0 Å². The van der Waals surface area contributed by atoms with Gasteiger partial charge in [0.15, 0.2) is 0 Å². The zero-order chi connectivity index (χ0) is 22.1. The number of nitrogens with one attached hydrogen (secondary N) is 1. The Hall–Kier alpha value is -1.80. The van der Waals surface area contributed by atoms with E-state index in [-0.39, 0.29) is 17.9 Å². The number of carbonyl (C=O) groups excluding carboxylic acids is 1. The lowest BCUT2D eigenvalue weighted by Crippen LogP contribution is -2.58. The third kappa shape index (κ3) is 5.46. The summed E-state index contributed by atoms with van der Waals surface area (Å²) in [6, 6.07) is 7.71. The van der Waals surface area contributed by atoms with Gasteiger partial charge in [-0.25, -0.2) is 4.98 Å². The number of likely N-dealkylation sites (tertiary alicyclic amines) is 1. The van der Waals surface area contributed by atoms with Gasteiger partial charge in [-0.15, -0.1) is 11.3 Å². The molecule has 1 saturated heterocycles. The van der Waals surface area contributed by atoms with E-state index < -0.39 is 17.9 Å². The van der Waals surface area contributed by atoms with Crippen LogP contribution >= 0.6 is 11.3 Å². The molecule has 0 aliphatic carbocycles. The fraction of sp³-hybridized carbons (Fsp3) is 0.565. The third-order valence-electron chi connectivity index (χ3n) is 5.54. The molecule has 0 spiro atoms. The molecule has 6 nitrogen and oxygen atoms in total. The number of carbonyl (C=O) groups is 1. The van der Waals surface area contributed by atoms with Crippen LogP contribution < -0.4 is 5.32 Å². The van der Waals surface area contributed by atoms with Crippen LogP contribution in [0.5, 0.6) is 0 Å². The van der Waals surface area contributed by atoms with Crippen molar-refractivity contribution in [3.8, 4) is 10.4 Å². The van der Waals surface area contributed by atoms with Crippen molar-refractivity contribution in [2.45, 2.75) is 71.9 Å². The van der Waals surface area contributed by atoms with Gasteiger partial charge in [0.1, 0.15) is 5.72 Å². The van der Waals surface area contributed by atoms with Crippen molar-refractivity contribution >= 4 is 17.2 Å². The third-order valence-corrected chi connectivity index (χ3v) is 6.52. The number of thiazole rings is 1. The van der Waals surface area contributed by atoms with Gasteiger partial charge in [-0.05, 0) is 36.8 Å². The predicted octanol–water partition coefficient (Wildman–Crippen LogP) is 3.31. The molecule has 1 fully saturated rings. The summed E-state index contributed by atoms with van der Waals surface area (Å²) < 4.78 is 0. The van der Waals surface area contributed by atoms with Crippen LogP contribution in [0, 0.1) is 12.3 Å². The highest BCUT2D eigenvalue weighted by atomic mass is 32.1. The van der Waals surface area contributed by atoms with Gasteiger partial charge in [-0.1, -0.05) is 45.0 Å². The smallest absolute Gasteiger partial charge is 0.223 e. The number of aliphatic hydroxyl groups is 2. The van der Waals surface area contributed by atoms with Crippen LogP contribution in [0.15, 0.2) is 29.8 Å². The standard InChI is InChI=1S/C23H33N3O3S/c1-15-21(30-14-24-15)17-8-6-16(7-9-17)12-25-23(5,29)19-10-18(27)13-26(19)20(28)11-22(2,3)4/h6-9,14,18-19,25,27,29H,10-13H2,1-5H3/t18-,19+,23?/m1/s1. The van der Waals surface area contributed by atoms with E-state index in [1.54, 1.807) is 23.2 Å². The van der Waals surface area contributed by atoms with Crippen LogP contribution in [0.2, 0.25) is 0 Å². The lowest BCUT2D eigenvalue weighted by atomic mass is 9.91. The molecule has 1 aliphatic heterocycles. The highest BCUT2D eigenvalue weighted by Gasteiger charge is 2.45. The van der Waals surface area contributed by atoms with Gasteiger partial charge in [0.05, 0.1) is 28.2 Å². The molecule has 1 amide bonds. The molecule has 3 N–H and O–H groups in total. The number of aryl methyl sites for hydroxylation is 1. The zero-order valence-electron chi connectivity index (χ0n) is 18.5. The molecule has 1 aliphatic rings. The second-order valence-electron chi connectivity index (χ2n) is 9.65. The van der Waals surface area contributed by atoms with E-state index in [0.29, 0.717) is 19.4 Å². The second-order valence-corrected chi connectivity index (χ2v) is 10.5. The monoisotopic (exact) mass is 431 g/mol. The fourth-order valence-corrected chi connectivity index (χ4v) is 4.74. The van der Waals surface area contributed by atoms with E-state index in [1.807, 2.05) is 45.3 Å². The first kappa shape index (κ1) is 22.9. The molecule has 1 aromatic carbocycles. The van der Waals surface area contributed by atoms with E-state index in [0.717, 1.165) is 21.7 Å².